The molecular weight excluding hydrogens is 255 g/mol. The van der Waals surface area contributed by atoms with Gasteiger partial charge < -0.3 is 10.3 Å². The van der Waals surface area contributed by atoms with Crippen LogP contribution >= 0.6 is 0 Å². The molecule has 0 aliphatic heterocycles. The van der Waals surface area contributed by atoms with Gasteiger partial charge in [-0.1, -0.05) is 18.2 Å². The van der Waals surface area contributed by atoms with Crippen molar-refractivity contribution in [1.82, 2.24) is 9.55 Å². The van der Waals surface area contributed by atoms with Gasteiger partial charge in [-0.15, -0.1) is 0 Å². The Kier molecular flexibility index (Phi) is 3.50. The van der Waals surface area contributed by atoms with Gasteiger partial charge in [0.2, 0.25) is 0 Å². The molecule has 2 N–H and O–H groups in total. The fourth-order valence-corrected chi connectivity index (χ4v) is 1.97. The molecule has 0 saturated carbocycles. The van der Waals surface area contributed by atoms with Crippen LogP contribution in [0.5, 0.6) is 0 Å². The molecule has 0 aliphatic carbocycles. The smallest absolute Gasteiger partial charge is 0.369 e. The Balaban J connectivity index is 2.33. The number of nitrogens with two attached hydrogens (primary N) is 1. The highest BCUT2D eigenvalue weighted by molar-refractivity contribution is 5.34. The van der Waals surface area contributed by atoms with E-state index in [1.165, 1.54) is 12.1 Å². The average Bonchev–Trinajstić information content (AvgIpc) is 2.69. The molecule has 19 heavy (non-hydrogen) atoms. The van der Waals surface area contributed by atoms with Gasteiger partial charge in [0.1, 0.15) is 0 Å². The summed E-state index contributed by atoms with van der Waals surface area (Å²) in [6, 6.07) is 5.51. The van der Waals surface area contributed by atoms with Crippen molar-refractivity contribution in [2.75, 3.05) is 5.73 Å². The topological polar surface area (TPSA) is 43.8 Å². The molecule has 0 amide bonds. The highest BCUT2D eigenvalue weighted by Crippen LogP contribution is 2.32. The van der Waals surface area contributed by atoms with Gasteiger partial charge in [-0.05, 0) is 18.6 Å². The molecule has 3 nitrogen and oxygen atoms in total. The maximum atomic E-state index is 12.9. The molecule has 102 valence electrons. The van der Waals surface area contributed by atoms with E-state index < -0.39 is 11.7 Å². The lowest BCUT2D eigenvalue weighted by atomic mass is 10.0. The highest BCUT2D eigenvalue weighted by Gasteiger charge is 2.32. The quantitative estimate of drug-likeness (QED) is 0.930. The van der Waals surface area contributed by atoms with E-state index in [9.17, 15) is 13.2 Å². The van der Waals surface area contributed by atoms with Gasteiger partial charge in [-0.3, -0.25) is 0 Å². The Hall–Kier alpha value is -1.98. The Bertz CT molecular complexity index is 573. The number of imidazole rings is 1. The van der Waals surface area contributed by atoms with Gasteiger partial charge in [-0.2, -0.15) is 13.2 Å². The van der Waals surface area contributed by atoms with Gasteiger partial charge in [0.05, 0.1) is 11.3 Å². The molecule has 2 aromatic rings. The lowest BCUT2D eigenvalue weighted by molar-refractivity contribution is -0.138. The highest BCUT2D eigenvalue weighted by atomic mass is 19.4. The number of rotatable bonds is 3. The SMILES string of the molecule is CCn1cc(Cc2ccccc2C(F)(F)F)nc1N. The fraction of sp³-hybridized carbons (Fsp3) is 0.308. The molecule has 6 heteroatoms. The molecule has 0 spiro atoms. The molecule has 0 unspecified atom stereocenters. The summed E-state index contributed by atoms with van der Waals surface area (Å²) >= 11 is 0. The zero-order valence-electron chi connectivity index (χ0n) is 10.4. The molecular formula is C13H14F3N3. The Morgan fingerprint density at radius 3 is 2.53 bits per heavy atom. The van der Waals surface area contributed by atoms with E-state index in [1.54, 1.807) is 16.8 Å². The summed E-state index contributed by atoms with van der Waals surface area (Å²) in [5.74, 6) is 0.321. The minimum absolute atomic E-state index is 0.118. The van der Waals surface area contributed by atoms with E-state index in [0.29, 0.717) is 18.2 Å². The van der Waals surface area contributed by atoms with E-state index in [-0.39, 0.29) is 12.0 Å². The first kappa shape index (κ1) is 13.5. The first-order valence-corrected chi connectivity index (χ1v) is 5.88. The Morgan fingerprint density at radius 1 is 1.26 bits per heavy atom. The zero-order valence-corrected chi connectivity index (χ0v) is 10.4. The van der Waals surface area contributed by atoms with Crippen LogP contribution in [0.2, 0.25) is 0 Å². The average molecular weight is 269 g/mol. The lowest BCUT2D eigenvalue weighted by Gasteiger charge is -2.11. The summed E-state index contributed by atoms with van der Waals surface area (Å²) in [5, 5.41) is 0. The van der Waals surface area contributed by atoms with Gasteiger partial charge in [-0.25, -0.2) is 4.98 Å². The normalized spacial score (nSPS) is 11.8. The number of anilines is 1. The van der Waals surface area contributed by atoms with E-state index in [2.05, 4.69) is 4.98 Å². The van der Waals surface area contributed by atoms with Crippen LogP contribution in [0.1, 0.15) is 23.7 Å². The second-order valence-corrected chi connectivity index (χ2v) is 4.21. The molecule has 1 heterocycles. The third-order valence-corrected chi connectivity index (χ3v) is 2.89. The van der Waals surface area contributed by atoms with Crippen molar-refractivity contribution in [3.8, 4) is 0 Å². The van der Waals surface area contributed by atoms with E-state index in [0.717, 1.165) is 6.07 Å². The lowest BCUT2D eigenvalue weighted by Crippen LogP contribution is -2.09. The van der Waals surface area contributed by atoms with Crippen molar-refractivity contribution in [3.05, 3.63) is 47.3 Å². The number of halogens is 3. The van der Waals surface area contributed by atoms with Crippen molar-refractivity contribution in [2.24, 2.45) is 0 Å². The molecule has 0 fully saturated rings. The first-order chi connectivity index (χ1) is 8.91. The van der Waals surface area contributed by atoms with Crippen LogP contribution in [-0.4, -0.2) is 9.55 Å². The van der Waals surface area contributed by atoms with Crippen LogP contribution in [0.4, 0.5) is 19.1 Å². The number of alkyl halides is 3. The summed E-state index contributed by atoms with van der Waals surface area (Å²) < 4.78 is 40.3. The first-order valence-electron chi connectivity index (χ1n) is 5.88. The van der Waals surface area contributed by atoms with Crippen LogP contribution in [0.15, 0.2) is 30.5 Å². The van der Waals surface area contributed by atoms with Gasteiger partial charge >= 0.3 is 6.18 Å². The van der Waals surface area contributed by atoms with Gasteiger partial charge in [0, 0.05) is 19.2 Å². The largest absolute Gasteiger partial charge is 0.416 e. The Labute approximate surface area is 108 Å². The van der Waals surface area contributed by atoms with Crippen molar-refractivity contribution in [3.63, 3.8) is 0 Å². The standard InChI is InChI=1S/C13H14F3N3/c1-2-19-8-10(18-12(19)17)7-9-5-3-4-6-11(9)13(14,15)16/h3-6,8H,2,7H2,1H3,(H2,17,18). The van der Waals surface area contributed by atoms with Gasteiger partial charge in [0.15, 0.2) is 5.95 Å². The molecule has 0 bridgehead atoms. The molecule has 2 rings (SSSR count). The predicted octanol–water partition coefficient (Wildman–Crippen LogP) is 3.09. The monoisotopic (exact) mass is 269 g/mol. The number of hydrogen-bond acceptors (Lipinski definition) is 2. The predicted molar refractivity (Wildman–Crippen MR) is 66.6 cm³/mol. The number of nitrogens with zero attached hydrogens (tertiary/aromatic N) is 2. The van der Waals surface area contributed by atoms with E-state index in [4.69, 9.17) is 5.73 Å². The third-order valence-electron chi connectivity index (χ3n) is 2.89. The fourth-order valence-electron chi connectivity index (χ4n) is 1.97. The number of aromatic nitrogens is 2. The molecule has 1 aromatic carbocycles. The molecule has 0 saturated heterocycles. The van der Waals surface area contributed by atoms with Crippen molar-refractivity contribution in [2.45, 2.75) is 26.1 Å². The van der Waals surface area contributed by atoms with E-state index >= 15 is 0 Å². The summed E-state index contributed by atoms with van der Waals surface area (Å²) in [5.41, 5.74) is 5.78. The van der Waals surface area contributed by atoms with Crippen molar-refractivity contribution in [1.29, 1.82) is 0 Å². The zero-order chi connectivity index (χ0) is 14.0. The molecule has 1 aromatic heterocycles. The van der Waals surface area contributed by atoms with Crippen LogP contribution < -0.4 is 5.73 Å². The van der Waals surface area contributed by atoms with Crippen LogP contribution in [0.3, 0.4) is 0 Å². The molecule has 0 aliphatic rings. The summed E-state index contributed by atoms with van der Waals surface area (Å²) in [6.07, 6.45) is -2.55. The number of aryl methyl sites for hydroxylation is 1. The second kappa shape index (κ2) is 4.95. The summed E-state index contributed by atoms with van der Waals surface area (Å²) in [4.78, 5) is 4.07. The summed E-state index contributed by atoms with van der Waals surface area (Å²) in [7, 11) is 0. The van der Waals surface area contributed by atoms with Crippen LogP contribution in [0.25, 0.3) is 0 Å². The third kappa shape index (κ3) is 2.89. The van der Waals surface area contributed by atoms with Crippen molar-refractivity contribution < 1.29 is 13.2 Å². The van der Waals surface area contributed by atoms with Crippen molar-refractivity contribution >= 4 is 5.95 Å². The maximum absolute atomic E-state index is 12.9. The number of nitrogen functional groups attached to an aromatic ring is 1. The number of benzene rings is 1. The van der Waals surface area contributed by atoms with Crippen LogP contribution in [-0.2, 0) is 19.1 Å². The minimum Gasteiger partial charge on any atom is -0.369 e. The Morgan fingerprint density at radius 2 is 1.95 bits per heavy atom. The minimum atomic E-state index is -4.35. The van der Waals surface area contributed by atoms with Gasteiger partial charge in [0.25, 0.3) is 0 Å². The van der Waals surface area contributed by atoms with E-state index in [1.807, 2.05) is 6.92 Å². The van der Waals surface area contributed by atoms with Crippen LogP contribution in [0, 0.1) is 0 Å². The second-order valence-electron chi connectivity index (χ2n) is 4.21. The summed E-state index contributed by atoms with van der Waals surface area (Å²) in [6.45, 7) is 2.53. The number of hydrogen-bond donors (Lipinski definition) is 1. The molecule has 0 atom stereocenters. The maximum Gasteiger partial charge on any atom is 0.416 e. The molecule has 0 radical (unpaired) electrons.